The first-order chi connectivity index (χ1) is 11.8. The Hall–Kier alpha value is -2.37. The Morgan fingerprint density at radius 2 is 1.92 bits per heavy atom. The second kappa shape index (κ2) is 6.50. The van der Waals surface area contributed by atoms with Crippen LogP contribution >= 0.6 is 0 Å². The molecule has 3 rings (SSSR count). The zero-order valence-corrected chi connectivity index (χ0v) is 14.8. The molecular weight excluding hydrogens is 320 g/mol. The normalized spacial score (nSPS) is 23.9. The minimum Gasteiger partial charge on any atom is -0.480 e. The van der Waals surface area contributed by atoms with Crippen molar-refractivity contribution in [1.82, 2.24) is 9.80 Å². The van der Waals surface area contributed by atoms with E-state index in [-0.39, 0.29) is 23.7 Å². The maximum atomic E-state index is 13.2. The van der Waals surface area contributed by atoms with Crippen LogP contribution in [0.25, 0.3) is 0 Å². The van der Waals surface area contributed by atoms with E-state index >= 15 is 0 Å². The molecule has 2 aliphatic rings. The molecule has 2 heterocycles. The third kappa shape index (κ3) is 3.01. The van der Waals surface area contributed by atoms with Crippen LogP contribution in [0, 0.1) is 11.8 Å². The summed E-state index contributed by atoms with van der Waals surface area (Å²) in [5, 5.41) is 9.46. The highest BCUT2D eigenvalue weighted by Crippen LogP contribution is 2.31. The van der Waals surface area contributed by atoms with Gasteiger partial charge in [0.15, 0.2) is 0 Å². The highest BCUT2D eigenvalue weighted by Gasteiger charge is 2.45. The Kier molecular flexibility index (Phi) is 4.54. The van der Waals surface area contributed by atoms with Crippen LogP contribution in [-0.2, 0) is 16.1 Å². The molecule has 2 aliphatic heterocycles. The average Bonchev–Trinajstić information content (AvgIpc) is 3.09. The lowest BCUT2D eigenvalue weighted by Gasteiger charge is -2.34. The van der Waals surface area contributed by atoms with Crippen LogP contribution < -0.4 is 0 Å². The summed E-state index contributed by atoms with van der Waals surface area (Å²) in [6.07, 6.45) is 0.458. The first kappa shape index (κ1) is 17.5. The summed E-state index contributed by atoms with van der Waals surface area (Å²) in [6.45, 7) is 6.56. The lowest BCUT2D eigenvalue weighted by molar-refractivity contribution is -0.150. The van der Waals surface area contributed by atoms with Crippen LogP contribution in [-0.4, -0.2) is 51.3 Å². The van der Waals surface area contributed by atoms with Gasteiger partial charge in [0.25, 0.3) is 5.91 Å². The van der Waals surface area contributed by atoms with Crippen molar-refractivity contribution in [2.45, 2.75) is 45.8 Å². The summed E-state index contributed by atoms with van der Waals surface area (Å²) in [5.41, 5.74) is 1.54. The summed E-state index contributed by atoms with van der Waals surface area (Å²) >= 11 is 0. The number of benzene rings is 1. The minimum absolute atomic E-state index is 0.101. The minimum atomic E-state index is -0.976. The predicted molar refractivity (Wildman–Crippen MR) is 91.9 cm³/mol. The number of amides is 2. The van der Waals surface area contributed by atoms with E-state index < -0.39 is 18.1 Å². The molecule has 134 valence electrons. The van der Waals surface area contributed by atoms with E-state index in [1.807, 2.05) is 39.0 Å². The highest BCUT2D eigenvalue weighted by atomic mass is 16.4. The average molecular weight is 344 g/mol. The van der Waals surface area contributed by atoms with E-state index in [0.717, 1.165) is 5.56 Å². The van der Waals surface area contributed by atoms with Gasteiger partial charge in [-0.1, -0.05) is 39.0 Å². The van der Waals surface area contributed by atoms with Gasteiger partial charge < -0.3 is 14.9 Å². The molecule has 6 heteroatoms. The lowest BCUT2D eigenvalue weighted by atomic mass is 10.0. The van der Waals surface area contributed by atoms with Crippen LogP contribution in [0.4, 0.5) is 0 Å². The maximum Gasteiger partial charge on any atom is 0.326 e. The summed E-state index contributed by atoms with van der Waals surface area (Å²) in [7, 11) is 0. The monoisotopic (exact) mass is 344 g/mol. The van der Waals surface area contributed by atoms with E-state index in [1.54, 1.807) is 11.0 Å². The van der Waals surface area contributed by atoms with E-state index in [4.69, 9.17) is 0 Å². The molecule has 0 aliphatic carbocycles. The molecule has 1 fully saturated rings. The number of likely N-dealkylation sites (tertiary alicyclic amines) is 1. The summed E-state index contributed by atoms with van der Waals surface area (Å²) in [6, 6.07) is 5.92. The van der Waals surface area contributed by atoms with Crippen molar-refractivity contribution in [2.24, 2.45) is 11.8 Å². The Morgan fingerprint density at radius 1 is 1.24 bits per heavy atom. The van der Waals surface area contributed by atoms with E-state index in [9.17, 15) is 19.5 Å². The maximum absolute atomic E-state index is 13.2. The number of carboxylic acid groups (broad SMARTS) is 1. The fourth-order valence-electron chi connectivity index (χ4n) is 3.97. The molecule has 25 heavy (non-hydrogen) atoms. The highest BCUT2D eigenvalue weighted by molar-refractivity contribution is 6.01. The van der Waals surface area contributed by atoms with Crippen molar-refractivity contribution in [3.05, 3.63) is 35.4 Å². The van der Waals surface area contributed by atoms with Gasteiger partial charge in [0.05, 0.1) is 0 Å². The van der Waals surface area contributed by atoms with Crippen molar-refractivity contribution in [2.75, 3.05) is 6.54 Å². The van der Waals surface area contributed by atoms with E-state index in [2.05, 4.69) is 0 Å². The second-order valence-electron chi connectivity index (χ2n) is 7.46. The van der Waals surface area contributed by atoms with Crippen LogP contribution in [0.1, 0.15) is 43.1 Å². The molecule has 1 aromatic carbocycles. The fourth-order valence-corrected chi connectivity index (χ4v) is 3.97. The van der Waals surface area contributed by atoms with Crippen LogP contribution in [0.15, 0.2) is 24.3 Å². The Balaban J connectivity index is 1.89. The number of hydrogen-bond acceptors (Lipinski definition) is 3. The molecule has 2 amide bonds. The van der Waals surface area contributed by atoms with Crippen LogP contribution in [0.5, 0.6) is 0 Å². The molecule has 0 spiro atoms. The Morgan fingerprint density at radius 3 is 2.52 bits per heavy atom. The van der Waals surface area contributed by atoms with Crippen molar-refractivity contribution < 1.29 is 19.5 Å². The van der Waals surface area contributed by atoms with Gasteiger partial charge in [-0.25, -0.2) is 4.79 Å². The van der Waals surface area contributed by atoms with Gasteiger partial charge in [-0.3, -0.25) is 9.59 Å². The summed E-state index contributed by atoms with van der Waals surface area (Å²) in [4.78, 5) is 40.6. The van der Waals surface area contributed by atoms with Gasteiger partial charge in [-0.2, -0.15) is 0 Å². The molecule has 1 unspecified atom stereocenters. The number of aliphatic carboxylic acids is 1. The van der Waals surface area contributed by atoms with Crippen molar-refractivity contribution >= 4 is 17.8 Å². The van der Waals surface area contributed by atoms with Crippen molar-refractivity contribution in [1.29, 1.82) is 0 Å². The molecule has 0 saturated carbocycles. The standard InChI is InChI=1S/C19H24N2O4/c1-11(2)16(18(23)20-9-12(3)8-15(20)19(24)25)21-10-13-6-4-5-7-14(13)17(21)22/h4-7,11-12,15-16H,8-10H2,1-3H3,(H,24,25)/t12-,15-,16?/m0/s1. The molecule has 1 N–H and O–H groups in total. The number of nitrogens with zero attached hydrogens (tertiary/aromatic N) is 2. The molecule has 1 aromatic rings. The van der Waals surface area contributed by atoms with Gasteiger partial charge in [0.2, 0.25) is 5.91 Å². The van der Waals surface area contributed by atoms with Gasteiger partial charge in [-0.15, -0.1) is 0 Å². The van der Waals surface area contributed by atoms with E-state index in [1.165, 1.54) is 4.90 Å². The zero-order valence-electron chi connectivity index (χ0n) is 14.8. The first-order valence-electron chi connectivity index (χ1n) is 8.73. The molecule has 0 aromatic heterocycles. The van der Waals surface area contributed by atoms with Crippen LogP contribution in [0.2, 0.25) is 0 Å². The number of fused-ring (bicyclic) bond motifs is 1. The Labute approximate surface area is 147 Å². The van der Waals surface area contributed by atoms with Crippen molar-refractivity contribution in [3.63, 3.8) is 0 Å². The number of rotatable bonds is 4. The van der Waals surface area contributed by atoms with Gasteiger partial charge in [-0.05, 0) is 29.9 Å². The molecular formula is C19H24N2O4. The second-order valence-corrected chi connectivity index (χ2v) is 7.46. The smallest absolute Gasteiger partial charge is 0.326 e. The fraction of sp³-hybridized carbons (Fsp3) is 0.526. The number of hydrogen-bond donors (Lipinski definition) is 1. The van der Waals surface area contributed by atoms with Crippen LogP contribution in [0.3, 0.4) is 0 Å². The Bertz CT molecular complexity index is 715. The molecule has 3 atom stereocenters. The zero-order chi connectivity index (χ0) is 18.3. The van der Waals surface area contributed by atoms with E-state index in [0.29, 0.717) is 25.1 Å². The number of carbonyl (C=O) groups is 3. The number of carbonyl (C=O) groups excluding carboxylic acids is 2. The lowest BCUT2D eigenvalue weighted by Crippen LogP contribution is -2.54. The third-order valence-corrected chi connectivity index (χ3v) is 5.15. The quantitative estimate of drug-likeness (QED) is 0.906. The first-order valence-corrected chi connectivity index (χ1v) is 8.73. The topological polar surface area (TPSA) is 77.9 Å². The molecule has 0 radical (unpaired) electrons. The summed E-state index contributed by atoms with van der Waals surface area (Å²) < 4.78 is 0. The third-order valence-electron chi connectivity index (χ3n) is 5.15. The summed E-state index contributed by atoms with van der Waals surface area (Å²) in [5.74, 6) is -1.34. The van der Waals surface area contributed by atoms with Gasteiger partial charge in [0, 0.05) is 18.7 Å². The largest absolute Gasteiger partial charge is 0.480 e. The number of carboxylic acids is 1. The molecule has 6 nitrogen and oxygen atoms in total. The van der Waals surface area contributed by atoms with Gasteiger partial charge in [0.1, 0.15) is 12.1 Å². The molecule has 0 bridgehead atoms. The molecule has 1 saturated heterocycles. The SMILES string of the molecule is CC(C)C(C(=O)N1C[C@@H](C)C[C@H]1C(=O)O)N1Cc2ccccc2C1=O. The van der Waals surface area contributed by atoms with Gasteiger partial charge >= 0.3 is 5.97 Å². The van der Waals surface area contributed by atoms with Crippen molar-refractivity contribution in [3.8, 4) is 0 Å². The predicted octanol–water partition coefficient (Wildman–Crippen LogP) is 1.99.